The Morgan fingerprint density at radius 1 is 0.870 bits per heavy atom. The number of rotatable bonds is 5. The van der Waals surface area contributed by atoms with Crippen LogP contribution in [-0.4, -0.2) is 28.6 Å². The first-order valence-electron chi connectivity index (χ1n) is 8.30. The monoisotopic (exact) mass is 371 g/mol. The van der Waals surface area contributed by atoms with Gasteiger partial charge in [0.25, 0.3) is 0 Å². The van der Waals surface area contributed by atoms with E-state index in [0.717, 1.165) is 18.7 Å². The molecule has 0 radical (unpaired) electrons. The number of nitrogens with zero attached hydrogens (tertiary/aromatic N) is 1. The molecule has 0 N–H and O–H groups in total. The number of hydrogen-bond acceptors (Lipinski definition) is 2. The van der Waals surface area contributed by atoms with Crippen molar-refractivity contribution in [3.8, 4) is 0 Å². The number of carbonyl (C=O) groups excluding carboxylic acids is 1. The van der Waals surface area contributed by atoms with Crippen LogP contribution in [0.1, 0.15) is 41.2 Å². The number of piperidine rings is 1. The molecule has 1 fully saturated rings. The number of likely N-dealkylation sites (tertiary alicyclic amines) is 1. The van der Waals surface area contributed by atoms with Crippen LogP contribution in [0.15, 0.2) is 60.7 Å². The molecule has 0 bridgehead atoms. The molecule has 0 spiro atoms. The minimum Gasteiger partial charge on any atom is -0.295 e. The molecule has 2 aromatic carbocycles. The maximum Gasteiger partial charge on any atom is 0.178 e. The van der Waals surface area contributed by atoms with Crippen molar-refractivity contribution in [3.63, 3.8) is 0 Å². The summed E-state index contributed by atoms with van der Waals surface area (Å²) in [5.74, 6) is 0.157. The summed E-state index contributed by atoms with van der Waals surface area (Å²) in [6.45, 7) is 2.12. The van der Waals surface area contributed by atoms with Gasteiger partial charge in [0.05, 0.1) is 10.9 Å². The molecular weight excluding hydrogens is 350 g/mol. The van der Waals surface area contributed by atoms with E-state index in [2.05, 4.69) is 45.1 Å². The third kappa shape index (κ3) is 3.91. The quantitative estimate of drug-likeness (QED) is 0.552. The van der Waals surface area contributed by atoms with Crippen molar-refractivity contribution in [3.05, 3.63) is 71.8 Å². The van der Waals surface area contributed by atoms with Crippen molar-refractivity contribution in [2.45, 2.75) is 30.1 Å². The summed E-state index contributed by atoms with van der Waals surface area (Å²) < 4.78 is 0. The number of carbonyl (C=O) groups is 1. The molecule has 1 saturated heterocycles. The Bertz CT molecular complexity index is 623. The summed E-state index contributed by atoms with van der Waals surface area (Å²) in [5, 5.41) is 0. The van der Waals surface area contributed by atoms with Crippen LogP contribution in [-0.2, 0) is 0 Å². The summed E-state index contributed by atoms with van der Waals surface area (Å²) in [5.41, 5.74) is 1.98. The van der Waals surface area contributed by atoms with Crippen LogP contribution in [0.5, 0.6) is 0 Å². The minimum absolute atomic E-state index is 0.0872. The second-order valence-corrected chi connectivity index (χ2v) is 7.07. The lowest BCUT2D eigenvalue weighted by molar-refractivity contribution is 0.0915. The van der Waals surface area contributed by atoms with E-state index >= 15 is 0 Å². The number of Topliss-reactive ketones (excluding diaryl/α,β-unsaturated/α-hetero) is 1. The molecule has 3 rings (SSSR count). The average Bonchev–Trinajstić information content (AvgIpc) is 2.64. The van der Waals surface area contributed by atoms with E-state index in [0.29, 0.717) is 0 Å². The Balaban J connectivity index is 1.89. The smallest absolute Gasteiger partial charge is 0.178 e. The molecule has 120 valence electrons. The standard InChI is InChI=1S/C20H22BrNO/c21-18(20(23)17-12-6-2-7-13-17)19(16-10-4-1-5-11-16)22-14-8-3-9-15-22/h1-2,4-7,10-13,18-19H,3,8-9,14-15H2. The van der Waals surface area contributed by atoms with Crippen molar-refractivity contribution >= 4 is 21.7 Å². The predicted molar refractivity (Wildman–Crippen MR) is 98.1 cm³/mol. The summed E-state index contributed by atoms with van der Waals surface area (Å²) in [7, 11) is 0. The van der Waals surface area contributed by atoms with E-state index < -0.39 is 0 Å². The fraction of sp³-hybridized carbons (Fsp3) is 0.350. The molecule has 2 atom stereocenters. The highest BCUT2D eigenvalue weighted by molar-refractivity contribution is 9.10. The molecule has 3 heteroatoms. The number of benzene rings is 2. The Labute approximate surface area is 146 Å². The van der Waals surface area contributed by atoms with Crippen LogP contribution < -0.4 is 0 Å². The van der Waals surface area contributed by atoms with Crippen LogP contribution in [0.4, 0.5) is 0 Å². The predicted octanol–water partition coefficient (Wildman–Crippen LogP) is 4.86. The van der Waals surface area contributed by atoms with Crippen LogP contribution in [0.25, 0.3) is 0 Å². The lowest BCUT2D eigenvalue weighted by Gasteiger charge is -2.37. The molecular formula is C20H22BrNO. The van der Waals surface area contributed by atoms with E-state index in [4.69, 9.17) is 0 Å². The van der Waals surface area contributed by atoms with Crippen molar-refractivity contribution in [1.29, 1.82) is 0 Å². The van der Waals surface area contributed by atoms with Gasteiger partial charge in [-0.05, 0) is 31.5 Å². The molecule has 0 saturated carbocycles. The minimum atomic E-state index is -0.231. The third-order valence-corrected chi connectivity index (χ3v) is 5.43. The fourth-order valence-corrected chi connectivity index (χ4v) is 4.22. The van der Waals surface area contributed by atoms with Gasteiger partial charge < -0.3 is 0 Å². The molecule has 1 heterocycles. The number of halogens is 1. The van der Waals surface area contributed by atoms with Crippen LogP contribution in [0, 0.1) is 0 Å². The molecule has 1 aliphatic heterocycles. The maximum atomic E-state index is 12.9. The number of alkyl halides is 1. The van der Waals surface area contributed by atoms with Gasteiger partial charge in [-0.3, -0.25) is 9.69 Å². The molecule has 2 unspecified atom stereocenters. The zero-order valence-corrected chi connectivity index (χ0v) is 14.8. The average molecular weight is 372 g/mol. The molecule has 2 aromatic rings. The first-order chi connectivity index (χ1) is 11.3. The maximum absolute atomic E-state index is 12.9. The van der Waals surface area contributed by atoms with E-state index in [-0.39, 0.29) is 16.7 Å². The number of ketones is 1. The highest BCUT2D eigenvalue weighted by Crippen LogP contribution is 2.33. The van der Waals surface area contributed by atoms with E-state index in [1.165, 1.54) is 24.8 Å². The highest BCUT2D eigenvalue weighted by Gasteiger charge is 2.33. The second-order valence-electron chi connectivity index (χ2n) is 6.08. The van der Waals surface area contributed by atoms with E-state index in [1.54, 1.807) is 0 Å². The fourth-order valence-electron chi connectivity index (χ4n) is 3.32. The molecule has 0 aromatic heterocycles. The SMILES string of the molecule is O=C(c1ccccc1)C(Br)C(c1ccccc1)N1CCCCC1. The second kappa shape index (κ2) is 7.89. The summed E-state index contributed by atoms with van der Waals surface area (Å²) in [6.07, 6.45) is 3.71. The van der Waals surface area contributed by atoms with Gasteiger partial charge in [0.15, 0.2) is 5.78 Å². The zero-order valence-electron chi connectivity index (χ0n) is 13.2. The largest absolute Gasteiger partial charge is 0.295 e. The third-order valence-electron chi connectivity index (χ3n) is 4.51. The lowest BCUT2D eigenvalue weighted by atomic mass is 9.94. The molecule has 1 aliphatic rings. The summed E-state index contributed by atoms with van der Waals surface area (Å²) in [4.78, 5) is 15.2. The van der Waals surface area contributed by atoms with Crippen molar-refractivity contribution in [2.75, 3.05) is 13.1 Å². The Morgan fingerprint density at radius 2 is 1.43 bits per heavy atom. The molecule has 23 heavy (non-hydrogen) atoms. The van der Waals surface area contributed by atoms with Gasteiger partial charge in [-0.2, -0.15) is 0 Å². The van der Waals surface area contributed by atoms with Gasteiger partial charge in [0.1, 0.15) is 0 Å². The zero-order chi connectivity index (χ0) is 16.1. The topological polar surface area (TPSA) is 20.3 Å². The van der Waals surface area contributed by atoms with E-state index in [9.17, 15) is 4.79 Å². The normalized spacial score (nSPS) is 18.3. The van der Waals surface area contributed by atoms with Crippen LogP contribution in [0.3, 0.4) is 0 Å². The van der Waals surface area contributed by atoms with Gasteiger partial charge in [0.2, 0.25) is 0 Å². The van der Waals surface area contributed by atoms with E-state index in [1.807, 2.05) is 36.4 Å². The Morgan fingerprint density at radius 3 is 2.04 bits per heavy atom. The first-order valence-corrected chi connectivity index (χ1v) is 9.21. The highest BCUT2D eigenvalue weighted by atomic mass is 79.9. The summed E-state index contributed by atoms with van der Waals surface area (Å²) >= 11 is 3.73. The molecule has 0 aliphatic carbocycles. The van der Waals surface area contributed by atoms with Gasteiger partial charge in [-0.15, -0.1) is 0 Å². The summed E-state index contributed by atoms with van der Waals surface area (Å²) in [6, 6.07) is 20.1. The Kier molecular flexibility index (Phi) is 5.63. The van der Waals surface area contributed by atoms with Gasteiger partial charge >= 0.3 is 0 Å². The first kappa shape index (κ1) is 16.4. The van der Waals surface area contributed by atoms with Crippen molar-refractivity contribution < 1.29 is 4.79 Å². The Hall–Kier alpha value is -1.45. The lowest BCUT2D eigenvalue weighted by Crippen LogP contribution is -2.40. The molecule has 0 amide bonds. The van der Waals surface area contributed by atoms with Gasteiger partial charge in [-0.1, -0.05) is 83.0 Å². The van der Waals surface area contributed by atoms with Crippen molar-refractivity contribution in [1.82, 2.24) is 4.90 Å². The molecule has 2 nitrogen and oxygen atoms in total. The number of hydrogen-bond donors (Lipinski definition) is 0. The van der Waals surface area contributed by atoms with Gasteiger partial charge in [-0.25, -0.2) is 0 Å². The van der Waals surface area contributed by atoms with Gasteiger partial charge in [0, 0.05) is 5.56 Å². The van der Waals surface area contributed by atoms with Crippen molar-refractivity contribution in [2.24, 2.45) is 0 Å². The van der Waals surface area contributed by atoms with Crippen LogP contribution in [0.2, 0.25) is 0 Å². The van der Waals surface area contributed by atoms with Crippen LogP contribution >= 0.6 is 15.9 Å².